The van der Waals surface area contributed by atoms with Gasteiger partial charge in [0.05, 0.1) is 12.6 Å². The minimum atomic E-state index is -0.898. The van der Waals surface area contributed by atoms with Gasteiger partial charge in [-0.2, -0.15) is 0 Å². The van der Waals surface area contributed by atoms with Crippen molar-refractivity contribution >= 4 is 5.91 Å². The fourth-order valence-electron chi connectivity index (χ4n) is 2.13. The van der Waals surface area contributed by atoms with Crippen molar-refractivity contribution < 1.29 is 19.0 Å². The Hall–Kier alpha value is -2.24. The van der Waals surface area contributed by atoms with E-state index in [2.05, 4.69) is 5.32 Å². The van der Waals surface area contributed by atoms with Gasteiger partial charge in [0.15, 0.2) is 0 Å². The molecule has 0 saturated carbocycles. The standard InChI is InChI=1S/C17H18FNO3/c1-22-11-15(16(20)12-5-3-2-4-6-12)19-17(21)13-7-9-14(18)10-8-13/h2-10,15-16,20H,11H2,1H3,(H,19,21)/t15-,16-/m0/s1. The Morgan fingerprint density at radius 3 is 2.41 bits per heavy atom. The second kappa shape index (κ2) is 7.68. The number of ether oxygens (including phenoxy) is 1. The van der Waals surface area contributed by atoms with Crippen LogP contribution in [0.15, 0.2) is 54.6 Å². The molecule has 0 aromatic heterocycles. The molecule has 2 atom stereocenters. The van der Waals surface area contributed by atoms with Crippen molar-refractivity contribution in [2.45, 2.75) is 12.1 Å². The highest BCUT2D eigenvalue weighted by molar-refractivity contribution is 5.94. The number of hydrogen-bond acceptors (Lipinski definition) is 3. The number of rotatable bonds is 6. The van der Waals surface area contributed by atoms with Crippen LogP contribution in [0.5, 0.6) is 0 Å². The Kier molecular flexibility index (Phi) is 5.63. The number of benzene rings is 2. The van der Waals surface area contributed by atoms with Gasteiger partial charge in [-0.1, -0.05) is 30.3 Å². The first-order valence-corrected chi connectivity index (χ1v) is 6.90. The number of carbonyl (C=O) groups excluding carboxylic acids is 1. The molecule has 0 radical (unpaired) electrons. The Balaban J connectivity index is 2.11. The van der Waals surface area contributed by atoms with Crippen molar-refractivity contribution in [2.24, 2.45) is 0 Å². The molecule has 2 N–H and O–H groups in total. The van der Waals surface area contributed by atoms with Crippen LogP contribution >= 0.6 is 0 Å². The van der Waals surface area contributed by atoms with Gasteiger partial charge in [0.2, 0.25) is 0 Å². The van der Waals surface area contributed by atoms with Crippen molar-refractivity contribution in [3.05, 3.63) is 71.5 Å². The van der Waals surface area contributed by atoms with Crippen LogP contribution in [0.4, 0.5) is 4.39 Å². The van der Waals surface area contributed by atoms with Gasteiger partial charge in [0, 0.05) is 12.7 Å². The summed E-state index contributed by atoms with van der Waals surface area (Å²) in [5.74, 6) is -0.800. The molecule has 0 unspecified atom stereocenters. The van der Waals surface area contributed by atoms with Crippen molar-refractivity contribution in [1.82, 2.24) is 5.32 Å². The molecule has 0 aliphatic rings. The first-order valence-electron chi connectivity index (χ1n) is 6.90. The van der Waals surface area contributed by atoms with Crippen molar-refractivity contribution in [2.75, 3.05) is 13.7 Å². The van der Waals surface area contributed by atoms with Crippen LogP contribution in [0.3, 0.4) is 0 Å². The predicted molar refractivity (Wildman–Crippen MR) is 80.9 cm³/mol. The molecule has 0 fully saturated rings. The maximum Gasteiger partial charge on any atom is 0.251 e. The minimum Gasteiger partial charge on any atom is -0.386 e. The van der Waals surface area contributed by atoms with Gasteiger partial charge in [-0.05, 0) is 29.8 Å². The first kappa shape index (κ1) is 16.1. The van der Waals surface area contributed by atoms with E-state index >= 15 is 0 Å². The normalized spacial score (nSPS) is 13.4. The van der Waals surface area contributed by atoms with Crippen LogP contribution in [-0.2, 0) is 4.74 Å². The molecule has 0 aliphatic carbocycles. The average molecular weight is 303 g/mol. The fraction of sp³-hybridized carbons (Fsp3) is 0.235. The topological polar surface area (TPSA) is 58.6 Å². The van der Waals surface area contributed by atoms with E-state index in [9.17, 15) is 14.3 Å². The monoisotopic (exact) mass is 303 g/mol. The fourth-order valence-corrected chi connectivity index (χ4v) is 2.13. The summed E-state index contributed by atoms with van der Waals surface area (Å²) in [5.41, 5.74) is 1.01. The van der Waals surface area contributed by atoms with E-state index in [1.165, 1.54) is 31.4 Å². The zero-order valence-electron chi connectivity index (χ0n) is 12.2. The lowest BCUT2D eigenvalue weighted by Gasteiger charge is -2.24. The predicted octanol–water partition coefficient (Wildman–Crippen LogP) is 2.30. The Morgan fingerprint density at radius 1 is 1.18 bits per heavy atom. The molecule has 4 nitrogen and oxygen atoms in total. The van der Waals surface area contributed by atoms with Gasteiger partial charge < -0.3 is 15.2 Å². The summed E-state index contributed by atoms with van der Waals surface area (Å²) in [4.78, 5) is 12.2. The van der Waals surface area contributed by atoms with Gasteiger partial charge in [-0.15, -0.1) is 0 Å². The summed E-state index contributed by atoms with van der Waals surface area (Å²) < 4.78 is 18.0. The van der Waals surface area contributed by atoms with Gasteiger partial charge in [0.1, 0.15) is 11.9 Å². The molecule has 0 saturated heterocycles. The largest absolute Gasteiger partial charge is 0.386 e. The summed E-state index contributed by atoms with van der Waals surface area (Å²) in [6.07, 6.45) is -0.898. The molecule has 0 heterocycles. The highest BCUT2D eigenvalue weighted by Gasteiger charge is 2.23. The molecule has 22 heavy (non-hydrogen) atoms. The number of nitrogens with one attached hydrogen (secondary N) is 1. The van der Waals surface area contributed by atoms with Gasteiger partial charge >= 0.3 is 0 Å². The van der Waals surface area contributed by atoms with Crippen LogP contribution in [-0.4, -0.2) is 30.8 Å². The molecule has 0 bridgehead atoms. The van der Waals surface area contributed by atoms with Crippen molar-refractivity contribution in [3.8, 4) is 0 Å². The van der Waals surface area contributed by atoms with Crippen molar-refractivity contribution in [1.29, 1.82) is 0 Å². The molecule has 116 valence electrons. The highest BCUT2D eigenvalue weighted by Crippen LogP contribution is 2.17. The molecule has 2 aromatic carbocycles. The molecule has 2 rings (SSSR count). The van der Waals surface area contributed by atoms with Crippen LogP contribution < -0.4 is 5.32 Å². The van der Waals surface area contributed by atoms with Gasteiger partial charge in [-0.3, -0.25) is 4.79 Å². The van der Waals surface area contributed by atoms with E-state index in [-0.39, 0.29) is 6.61 Å². The van der Waals surface area contributed by atoms with Crippen LogP contribution in [0.1, 0.15) is 22.0 Å². The van der Waals surface area contributed by atoms with Crippen LogP contribution in [0.2, 0.25) is 0 Å². The molecule has 0 spiro atoms. The molecule has 5 heteroatoms. The second-order valence-corrected chi connectivity index (χ2v) is 4.90. The number of carbonyl (C=O) groups is 1. The lowest BCUT2D eigenvalue weighted by Crippen LogP contribution is -2.42. The third-order valence-electron chi connectivity index (χ3n) is 3.29. The Labute approximate surface area is 128 Å². The first-order chi connectivity index (χ1) is 10.6. The lowest BCUT2D eigenvalue weighted by atomic mass is 10.0. The SMILES string of the molecule is COC[C@H](NC(=O)c1ccc(F)cc1)[C@@H](O)c1ccccc1. The lowest BCUT2D eigenvalue weighted by molar-refractivity contribution is 0.0594. The highest BCUT2D eigenvalue weighted by atomic mass is 19.1. The van der Waals surface area contributed by atoms with Crippen molar-refractivity contribution in [3.63, 3.8) is 0 Å². The number of aliphatic hydroxyl groups is 1. The van der Waals surface area contributed by atoms with E-state index in [1.807, 2.05) is 18.2 Å². The second-order valence-electron chi connectivity index (χ2n) is 4.90. The van der Waals surface area contributed by atoms with Crippen LogP contribution in [0, 0.1) is 5.82 Å². The van der Waals surface area contributed by atoms with E-state index in [4.69, 9.17) is 4.74 Å². The Bertz CT molecular complexity index is 601. The van der Waals surface area contributed by atoms with Crippen LogP contribution in [0.25, 0.3) is 0 Å². The molecular formula is C17H18FNO3. The molecule has 2 aromatic rings. The number of methoxy groups -OCH3 is 1. The molecular weight excluding hydrogens is 285 g/mol. The number of halogens is 1. The number of amides is 1. The zero-order valence-corrected chi connectivity index (χ0v) is 12.2. The summed E-state index contributed by atoms with van der Waals surface area (Å²) in [5, 5.41) is 13.1. The average Bonchev–Trinajstić information content (AvgIpc) is 2.55. The molecule has 1 amide bonds. The van der Waals surface area contributed by atoms with Gasteiger partial charge in [0.25, 0.3) is 5.91 Å². The van der Waals surface area contributed by atoms with E-state index in [0.717, 1.165) is 0 Å². The number of hydrogen-bond donors (Lipinski definition) is 2. The maximum atomic E-state index is 12.9. The minimum absolute atomic E-state index is 0.156. The zero-order chi connectivity index (χ0) is 15.9. The third-order valence-corrected chi connectivity index (χ3v) is 3.29. The maximum absolute atomic E-state index is 12.9. The summed E-state index contributed by atoms with van der Waals surface area (Å²) in [6, 6.07) is 13.6. The third kappa shape index (κ3) is 4.13. The van der Waals surface area contributed by atoms with E-state index < -0.39 is 23.9 Å². The molecule has 0 aliphatic heterocycles. The van der Waals surface area contributed by atoms with E-state index in [0.29, 0.717) is 11.1 Å². The van der Waals surface area contributed by atoms with E-state index in [1.54, 1.807) is 12.1 Å². The van der Waals surface area contributed by atoms with Gasteiger partial charge in [-0.25, -0.2) is 4.39 Å². The quantitative estimate of drug-likeness (QED) is 0.861. The Morgan fingerprint density at radius 2 is 1.82 bits per heavy atom. The summed E-state index contributed by atoms with van der Waals surface area (Å²) >= 11 is 0. The number of aliphatic hydroxyl groups excluding tert-OH is 1. The summed E-state index contributed by atoms with van der Waals surface area (Å²) in [6.45, 7) is 0.156. The smallest absolute Gasteiger partial charge is 0.251 e. The summed E-state index contributed by atoms with van der Waals surface area (Å²) in [7, 11) is 1.49.